The standard InChI is InChI=1S/C24H23N5O4S/c1-14(2)20-21(27-26-17-9-5-8-16(11-17)23(31)33-4)22(30)29(28-20)24-25-19(13-34-24)15-7-6-10-18(12-15)32-3/h5-14,28H,1-4H3. The van der Waals surface area contributed by atoms with Gasteiger partial charge in [0.05, 0.1) is 36.9 Å². The fourth-order valence-electron chi connectivity index (χ4n) is 3.28. The Morgan fingerprint density at radius 1 is 1.12 bits per heavy atom. The summed E-state index contributed by atoms with van der Waals surface area (Å²) in [5.41, 5.74) is 2.86. The van der Waals surface area contributed by atoms with Crippen LogP contribution in [0.2, 0.25) is 0 Å². The van der Waals surface area contributed by atoms with Crippen LogP contribution in [0.1, 0.15) is 35.8 Å². The van der Waals surface area contributed by atoms with Crippen molar-refractivity contribution in [1.82, 2.24) is 14.8 Å². The minimum Gasteiger partial charge on any atom is -0.497 e. The SMILES string of the molecule is COC(=O)c1cccc(N=Nc2c(C(C)C)[nH]n(-c3nc(-c4cccc(OC)c4)cs3)c2=O)c1. The molecule has 0 unspecified atom stereocenters. The topological polar surface area (TPSA) is 111 Å². The second kappa shape index (κ2) is 9.84. The Morgan fingerprint density at radius 3 is 2.65 bits per heavy atom. The molecule has 0 aliphatic carbocycles. The molecule has 0 saturated carbocycles. The molecule has 0 aliphatic heterocycles. The van der Waals surface area contributed by atoms with Crippen LogP contribution in [0, 0.1) is 0 Å². The van der Waals surface area contributed by atoms with E-state index in [0.29, 0.717) is 22.1 Å². The Kier molecular flexibility index (Phi) is 6.69. The van der Waals surface area contributed by atoms with Crippen LogP contribution in [-0.4, -0.2) is 35.0 Å². The molecule has 2 aromatic heterocycles. The van der Waals surface area contributed by atoms with Gasteiger partial charge < -0.3 is 9.47 Å². The highest BCUT2D eigenvalue weighted by molar-refractivity contribution is 7.12. The van der Waals surface area contributed by atoms with Gasteiger partial charge >= 0.3 is 11.5 Å². The van der Waals surface area contributed by atoms with Crippen LogP contribution in [-0.2, 0) is 4.74 Å². The summed E-state index contributed by atoms with van der Waals surface area (Å²) in [5.74, 6) is 0.242. The summed E-state index contributed by atoms with van der Waals surface area (Å²) in [6.45, 7) is 3.91. The minimum absolute atomic E-state index is 0.0119. The van der Waals surface area contributed by atoms with E-state index in [2.05, 4.69) is 20.3 Å². The number of aromatic amines is 1. The summed E-state index contributed by atoms with van der Waals surface area (Å²) < 4.78 is 11.4. The van der Waals surface area contributed by atoms with Crippen LogP contribution in [0.4, 0.5) is 11.4 Å². The highest BCUT2D eigenvalue weighted by Gasteiger charge is 2.20. The Morgan fingerprint density at radius 2 is 1.91 bits per heavy atom. The molecule has 0 spiro atoms. The molecule has 34 heavy (non-hydrogen) atoms. The number of carbonyl (C=O) groups is 1. The van der Waals surface area contributed by atoms with Crippen molar-refractivity contribution in [3.8, 4) is 22.1 Å². The predicted octanol–water partition coefficient (Wildman–Crippen LogP) is 5.62. The molecule has 9 nitrogen and oxygen atoms in total. The third-order valence-corrected chi connectivity index (χ3v) is 5.88. The highest BCUT2D eigenvalue weighted by Crippen LogP contribution is 2.29. The lowest BCUT2D eigenvalue weighted by Gasteiger charge is -2.02. The highest BCUT2D eigenvalue weighted by atomic mass is 32.1. The van der Waals surface area contributed by atoms with Crippen molar-refractivity contribution in [1.29, 1.82) is 0 Å². The Hall–Kier alpha value is -4.05. The fraction of sp³-hybridized carbons (Fsp3) is 0.208. The first-order chi connectivity index (χ1) is 16.4. The van der Waals surface area contributed by atoms with Crippen molar-refractivity contribution in [3.63, 3.8) is 0 Å². The van der Waals surface area contributed by atoms with Crippen LogP contribution in [0.25, 0.3) is 16.4 Å². The van der Waals surface area contributed by atoms with Gasteiger partial charge in [-0.05, 0) is 36.2 Å². The molecule has 0 atom stereocenters. The van der Waals surface area contributed by atoms with Crippen LogP contribution in [0.3, 0.4) is 0 Å². The van der Waals surface area contributed by atoms with Crippen molar-refractivity contribution < 1.29 is 14.3 Å². The quantitative estimate of drug-likeness (QED) is 0.274. The van der Waals surface area contributed by atoms with Crippen molar-refractivity contribution in [2.75, 3.05) is 14.2 Å². The van der Waals surface area contributed by atoms with Crippen LogP contribution < -0.4 is 10.3 Å². The van der Waals surface area contributed by atoms with Crippen molar-refractivity contribution in [2.45, 2.75) is 19.8 Å². The Labute approximate surface area is 199 Å². The molecule has 4 aromatic rings. The number of rotatable bonds is 7. The summed E-state index contributed by atoms with van der Waals surface area (Å²) in [5, 5.41) is 13.9. The number of aromatic nitrogens is 3. The molecule has 0 fully saturated rings. The molecular formula is C24H23N5O4S. The molecule has 10 heteroatoms. The van der Waals surface area contributed by atoms with Crippen LogP contribution in [0.15, 0.2) is 68.9 Å². The lowest BCUT2D eigenvalue weighted by atomic mass is 10.1. The number of hydrogen-bond donors (Lipinski definition) is 1. The third-order valence-electron chi connectivity index (χ3n) is 5.05. The van der Waals surface area contributed by atoms with Gasteiger partial charge in [0.25, 0.3) is 0 Å². The van der Waals surface area contributed by atoms with Crippen LogP contribution >= 0.6 is 11.3 Å². The average molecular weight is 478 g/mol. The first kappa shape index (κ1) is 23.1. The second-order valence-corrected chi connectivity index (χ2v) is 8.50. The molecular weight excluding hydrogens is 454 g/mol. The van der Waals surface area contributed by atoms with Crippen molar-refractivity contribution >= 4 is 28.7 Å². The van der Waals surface area contributed by atoms with E-state index in [4.69, 9.17) is 9.47 Å². The zero-order chi connectivity index (χ0) is 24.2. The molecule has 1 N–H and O–H groups in total. The molecule has 2 heterocycles. The maximum absolute atomic E-state index is 13.2. The molecule has 4 rings (SSSR count). The number of benzene rings is 2. The van der Waals surface area contributed by atoms with Crippen LogP contribution in [0.5, 0.6) is 5.75 Å². The monoisotopic (exact) mass is 477 g/mol. The van der Waals surface area contributed by atoms with Gasteiger partial charge in [0.1, 0.15) is 5.75 Å². The third kappa shape index (κ3) is 4.67. The molecule has 0 aliphatic rings. The van der Waals surface area contributed by atoms with Gasteiger partial charge in [0.2, 0.25) is 5.13 Å². The van der Waals surface area contributed by atoms with Crippen molar-refractivity contribution in [3.05, 3.63) is 75.5 Å². The number of thiazole rings is 1. The van der Waals surface area contributed by atoms with Gasteiger partial charge in [0, 0.05) is 10.9 Å². The van der Waals surface area contributed by atoms with Gasteiger partial charge in [-0.2, -0.15) is 9.80 Å². The number of hydrogen-bond acceptors (Lipinski definition) is 8. The maximum atomic E-state index is 13.2. The molecule has 2 aromatic carbocycles. The van der Waals surface area contributed by atoms with E-state index in [-0.39, 0.29) is 17.2 Å². The number of azo groups is 1. The number of nitrogens with one attached hydrogen (secondary N) is 1. The molecule has 0 bridgehead atoms. The molecule has 0 radical (unpaired) electrons. The number of methoxy groups -OCH3 is 2. The number of H-pyrrole nitrogens is 1. The van der Waals surface area contributed by atoms with E-state index in [9.17, 15) is 9.59 Å². The summed E-state index contributed by atoms with van der Waals surface area (Å²) in [4.78, 5) is 29.6. The maximum Gasteiger partial charge on any atom is 0.337 e. The zero-order valence-electron chi connectivity index (χ0n) is 19.1. The summed E-state index contributed by atoms with van der Waals surface area (Å²) in [7, 11) is 2.92. The average Bonchev–Trinajstić information content (AvgIpc) is 3.47. The normalized spacial score (nSPS) is 11.3. The second-order valence-electron chi connectivity index (χ2n) is 7.66. The lowest BCUT2D eigenvalue weighted by molar-refractivity contribution is 0.0600. The number of ether oxygens (including phenoxy) is 2. The Balaban J connectivity index is 1.70. The van der Waals surface area contributed by atoms with Gasteiger partial charge in [-0.1, -0.05) is 32.0 Å². The fourth-order valence-corrected chi connectivity index (χ4v) is 4.07. The first-order valence-corrected chi connectivity index (χ1v) is 11.3. The zero-order valence-corrected chi connectivity index (χ0v) is 19.9. The van der Waals surface area contributed by atoms with E-state index in [1.54, 1.807) is 31.4 Å². The van der Waals surface area contributed by atoms with Gasteiger partial charge in [-0.3, -0.25) is 9.89 Å². The predicted molar refractivity (Wildman–Crippen MR) is 130 cm³/mol. The van der Waals surface area contributed by atoms with Gasteiger partial charge in [0.15, 0.2) is 5.69 Å². The smallest absolute Gasteiger partial charge is 0.337 e. The van der Waals surface area contributed by atoms with E-state index in [1.807, 2.05) is 43.5 Å². The first-order valence-electron chi connectivity index (χ1n) is 10.5. The van der Waals surface area contributed by atoms with E-state index in [1.165, 1.54) is 23.1 Å². The molecule has 174 valence electrons. The van der Waals surface area contributed by atoms with Crippen molar-refractivity contribution in [2.24, 2.45) is 10.2 Å². The Bertz CT molecular complexity index is 1420. The summed E-state index contributed by atoms with van der Waals surface area (Å²) in [6, 6.07) is 14.1. The van der Waals surface area contributed by atoms with Gasteiger partial charge in [-0.25, -0.2) is 9.78 Å². The van der Waals surface area contributed by atoms with E-state index in [0.717, 1.165) is 17.0 Å². The van der Waals surface area contributed by atoms with E-state index < -0.39 is 5.97 Å². The molecule has 0 saturated heterocycles. The molecule has 0 amide bonds. The largest absolute Gasteiger partial charge is 0.497 e. The van der Waals surface area contributed by atoms with Gasteiger partial charge in [-0.15, -0.1) is 16.5 Å². The number of nitrogens with zero attached hydrogens (tertiary/aromatic N) is 4. The van der Waals surface area contributed by atoms with E-state index >= 15 is 0 Å². The summed E-state index contributed by atoms with van der Waals surface area (Å²) >= 11 is 1.34. The number of carbonyl (C=O) groups excluding carboxylic acids is 1. The lowest BCUT2D eigenvalue weighted by Crippen LogP contribution is -2.13. The minimum atomic E-state index is -0.473. The number of esters is 1. The summed E-state index contributed by atoms with van der Waals surface area (Å²) in [6.07, 6.45) is 0.